The zero-order valence-corrected chi connectivity index (χ0v) is 11.3. The molecule has 1 aliphatic heterocycles. The van der Waals surface area contributed by atoms with Crippen LogP contribution in [-0.4, -0.2) is 16.5 Å². The van der Waals surface area contributed by atoms with Crippen LogP contribution < -0.4 is 0 Å². The Morgan fingerprint density at radius 2 is 2.00 bits per heavy atom. The molecule has 1 aliphatic rings. The Balaban J connectivity index is 1.73. The van der Waals surface area contributed by atoms with E-state index >= 15 is 0 Å². The van der Waals surface area contributed by atoms with E-state index in [0.717, 1.165) is 5.69 Å². The van der Waals surface area contributed by atoms with Crippen molar-refractivity contribution >= 4 is 23.5 Å². The van der Waals surface area contributed by atoms with Crippen LogP contribution in [0.4, 0.5) is 0 Å². The standard InChI is InChI=1S/C15H12ClNO3/c16-11-8-13-12(6-7-17(13)9-11)15(19)20-14(18)10-4-2-1-3-5-10/h1-5,8-9,12H,6-7H2. The van der Waals surface area contributed by atoms with Crippen molar-refractivity contribution in [2.24, 2.45) is 0 Å². The summed E-state index contributed by atoms with van der Waals surface area (Å²) in [4.78, 5) is 24.0. The van der Waals surface area contributed by atoms with Gasteiger partial charge in [0.25, 0.3) is 0 Å². The van der Waals surface area contributed by atoms with E-state index in [9.17, 15) is 9.59 Å². The Morgan fingerprint density at radius 1 is 1.25 bits per heavy atom. The average Bonchev–Trinajstić information content (AvgIpc) is 2.98. The third-order valence-electron chi connectivity index (χ3n) is 3.40. The van der Waals surface area contributed by atoms with Crippen molar-refractivity contribution in [3.8, 4) is 0 Å². The van der Waals surface area contributed by atoms with Gasteiger partial charge in [-0.1, -0.05) is 29.8 Å². The molecule has 0 aliphatic carbocycles. The van der Waals surface area contributed by atoms with Crippen molar-refractivity contribution in [1.82, 2.24) is 4.57 Å². The second-order valence-electron chi connectivity index (χ2n) is 4.69. The van der Waals surface area contributed by atoms with Crippen molar-refractivity contribution in [2.45, 2.75) is 18.9 Å². The van der Waals surface area contributed by atoms with Gasteiger partial charge in [-0.25, -0.2) is 4.79 Å². The number of aromatic nitrogens is 1. The Hall–Kier alpha value is -2.07. The summed E-state index contributed by atoms with van der Waals surface area (Å²) < 4.78 is 6.87. The van der Waals surface area contributed by atoms with Gasteiger partial charge in [-0.2, -0.15) is 0 Å². The van der Waals surface area contributed by atoms with Crippen LogP contribution in [0.1, 0.15) is 28.4 Å². The fourth-order valence-corrected chi connectivity index (χ4v) is 2.66. The molecule has 2 heterocycles. The number of carbonyl (C=O) groups is 2. The first kappa shape index (κ1) is 12.9. The van der Waals surface area contributed by atoms with E-state index in [1.807, 2.05) is 4.57 Å². The molecular weight excluding hydrogens is 278 g/mol. The molecule has 1 aromatic heterocycles. The van der Waals surface area contributed by atoms with Crippen LogP contribution >= 0.6 is 11.6 Å². The molecule has 1 aromatic carbocycles. The zero-order valence-electron chi connectivity index (χ0n) is 10.6. The first-order valence-electron chi connectivity index (χ1n) is 6.32. The van der Waals surface area contributed by atoms with Crippen LogP contribution in [0.25, 0.3) is 0 Å². The number of hydrogen-bond acceptors (Lipinski definition) is 3. The van der Waals surface area contributed by atoms with E-state index in [-0.39, 0.29) is 0 Å². The first-order chi connectivity index (χ1) is 9.65. The molecule has 0 bridgehead atoms. The molecule has 4 nitrogen and oxygen atoms in total. The SMILES string of the molecule is O=C(OC(=O)C1CCn2cc(Cl)cc21)c1ccccc1. The monoisotopic (exact) mass is 289 g/mol. The minimum Gasteiger partial charge on any atom is -0.389 e. The van der Waals surface area contributed by atoms with E-state index in [1.54, 1.807) is 42.6 Å². The molecule has 5 heteroatoms. The van der Waals surface area contributed by atoms with Gasteiger partial charge in [-0.05, 0) is 24.6 Å². The highest BCUT2D eigenvalue weighted by molar-refractivity contribution is 6.30. The van der Waals surface area contributed by atoms with Gasteiger partial charge in [0.05, 0.1) is 16.5 Å². The molecular formula is C15H12ClNO3. The lowest BCUT2D eigenvalue weighted by Gasteiger charge is -2.08. The van der Waals surface area contributed by atoms with Gasteiger partial charge < -0.3 is 9.30 Å². The van der Waals surface area contributed by atoms with Crippen LogP contribution in [0.3, 0.4) is 0 Å². The maximum atomic E-state index is 12.1. The summed E-state index contributed by atoms with van der Waals surface area (Å²) in [5.41, 5.74) is 1.17. The molecule has 102 valence electrons. The molecule has 0 N–H and O–H groups in total. The van der Waals surface area contributed by atoms with E-state index in [4.69, 9.17) is 16.3 Å². The van der Waals surface area contributed by atoms with Crippen LogP contribution in [0.5, 0.6) is 0 Å². The maximum Gasteiger partial charge on any atom is 0.345 e. The highest BCUT2D eigenvalue weighted by Gasteiger charge is 2.32. The van der Waals surface area contributed by atoms with Crippen molar-refractivity contribution in [1.29, 1.82) is 0 Å². The van der Waals surface area contributed by atoms with Gasteiger partial charge in [0, 0.05) is 18.4 Å². The summed E-state index contributed by atoms with van der Waals surface area (Å²) in [5, 5.41) is 0.590. The highest BCUT2D eigenvalue weighted by Crippen LogP contribution is 2.32. The quantitative estimate of drug-likeness (QED) is 0.631. The Bertz CT molecular complexity index is 663. The summed E-state index contributed by atoms with van der Waals surface area (Å²) in [5.74, 6) is -1.56. The summed E-state index contributed by atoms with van der Waals surface area (Å²) in [6.07, 6.45) is 2.41. The van der Waals surface area contributed by atoms with Gasteiger partial charge in [0.15, 0.2) is 0 Å². The Kier molecular flexibility index (Phi) is 3.32. The Morgan fingerprint density at radius 3 is 2.75 bits per heavy atom. The fraction of sp³-hybridized carbons (Fsp3) is 0.200. The van der Waals surface area contributed by atoms with Gasteiger partial charge in [0.2, 0.25) is 0 Å². The lowest BCUT2D eigenvalue weighted by atomic mass is 10.1. The number of nitrogens with zero attached hydrogens (tertiary/aromatic N) is 1. The number of rotatable bonds is 2. The molecule has 1 unspecified atom stereocenters. The largest absolute Gasteiger partial charge is 0.389 e. The first-order valence-corrected chi connectivity index (χ1v) is 6.69. The van der Waals surface area contributed by atoms with E-state index in [1.165, 1.54) is 0 Å². The molecule has 20 heavy (non-hydrogen) atoms. The summed E-state index contributed by atoms with van der Waals surface area (Å²) in [6, 6.07) is 10.2. The molecule has 0 radical (unpaired) electrons. The van der Waals surface area contributed by atoms with Gasteiger partial charge in [0.1, 0.15) is 0 Å². The molecule has 0 saturated heterocycles. The number of aryl methyl sites for hydroxylation is 1. The van der Waals surface area contributed by atoms with Gasteiger partial charge in [-0.3, -0.25) is 4.79 Å². The smallest absolute Gasteiger partial charge is 0.345 e. The zero-order chi connectivity index (χ0) is 14.1. The number of hydrogen-bond donors (Lipinski definition) is 0. The number of benzene rings is 1. The van der Waals surface area contributed by atoms with Crippen LogP contribution in [-0.2, 0) is 16.1 Å². The summed E-state index contributed by atoms with van der Waals surface area (Å²) >= 11 is 5.91. The van der Waals surface area contributed by atoms with E-state index in [0.29, 0.717) is 23.6 Å². The normalized spacial score (nSPS) is 16.8. The second-order valence-corrected chi connectivity index (χ2v) is 5.13. The second kappa shape index (κ2) is 5.13. The molecule has 0 amide bonds. The third kappa shape index (κ3) is 2.34. The van der Waals surface area contributed by atoms with Crippen LogP contribution in [0.15, 0.2) is 42.6 Å². The molecule has 1 atom stereocenters. The number of halogens is 1. The number of fused-ring (bicyclic) bond motifs is 1. The van der Waals surface area contributed by atoms with E-state index < -0.39 is 17.9 Å². The van der Waals surface area contributed by atoms with Crippen molar-refractivity contribution < 1.29 is 14.3 Å². The third-order valence-corrected chi connectivity index (χ3v) is 3.61. The highest BCUT2D eigenvalue weighted by atomic mass is 35.5. The molecule has 2 aromatic rings. The summed E-state index contributed by atoms with van der Waals surface area (Å²) in [7, 11) is 0. The average molecular weight is 290 g/mol. The summed E-state index contributed by atoms with van der Waals surface area (Å²) in [6.45, 7) is 0.710. The topological polar surface area (TPSA) is 48.3 Å². The predicted octanol–water partition coefficient (Wildman–Crippen LogP) is 3.01. The molecule has 0 spiro atoms. The van der Waals surface area contributed by atoms with Gasteiger partial charge in [-0.15, -0.1) is 0 Å². The lowest BCUT2D eigenvalue weighted by Crippen LogP contribution is -2.18. The maximum absolute atomic E-state index is 12.1. The van der Waals surface area contributed by atoms with Crippen LogP contribution in [0, 0.1) is 0 Å². The minimum atomic E-state index is -0.619. The molecule has 0 saturated carbocycles. The number of carbonyl (C=O) groups excluding carboxylic acids is 2. The van der Waals surface area contributed by atoms with Gasteiger partial charge >= 0.3 is 11.9 Å². The molecule has 0 fully saturated rings. The van der Waals surface area contributed by atoms with E-state index in [2.05, 4.69) is 0 Å². The minimum absolute atomic E-state index is 0.368. The van der Waals surface area contributed by atoms with Crippen molar-refractivity contribution in [3.05, 3.63) is 58.9 Å². The Labute approximate surface area is 120 Å². The van der Waals surface area contributed by atoms with Crippen molar-refractivity contribution in [2.75, 3.05) is 0 Å². The number of ether oxygens (including phenoxy) is 1. The number of esters is 2. The van der Waals surface area contributed by atoms with Crippen molar-refractivity contribution in [3.63, 3.8) is 0 Å². The molecule has 3 rings (SSSR count). The fourth-order valence-electron chi connectivity index (χ4n) is 2.43. The van der Waals surface area contributed by atoms with Crippen LogP contribution in [0.2, 0.25) is 5.02 Å². The lowest BCUT2D eigenvalue weighted by molar-refractivity contribution is -0.139. The predicted molar refractivity (Wildman–Crippen MR) is 73.7 cm³/mol.